The summed E-state index contributed by atoms with van der Waals surface area (Å²) in [6.07, 6.45) is 6.15. The van der Waals surface area contributed by atoms with Crippen LogP contribution in [0.25, 0.3) is 11.1 Å². The van der Waals surface area contributed by atoms with E-state index in [1.807, 2.05) is 18.4 Å². The first-order valence-corrected chi connectivity index (χ1v) is 6.71. The average molecular weight is 292 g/mol. The predicted molar refractivity (Wildman–Crippen MR) is 74.8 cm³/mol. The van der Waals surface area contributed by atoms with E-state index in [9.17, 15) is 0 Å². The summed E-state index contributed by atoms with van der Waals surface area (Å²) in [5.74, 6) is 1.07. The molecular formula is C15H16BrO. The lowest BCUT2D eigenvalue weighted by Crippen LogP contribution is -1.81. The maximum Gasteiger partial charge on any atom is 0.104 e. The summed E-state index contributed by atoms with van der Waals surface area (Å²) in [6.45, 7) is 3.84. The van der Waals surface area contributed by atoms with Gasteiger partial charge in [-0.25, -0.2) is 0 Å². The third-order valence-electron chi connectivity index (χ3n) is 2.75. The minimum absolute atomic E-state index is 1.00. The van der Waals surface area contributed by atoms with Gasteiger partial charge >= 0.3 is 0 Å². The van der Waals surface area contributed by atoms with Gasteiger partial charge in [-0.05, 0) is 30.2 Å². The van der Waals surface area contributed by atoms with E-state index in [1.54, 1.807) is 0 Å². The molecule has 0 bridgehead atoms. The molecule has 2 rings (SSSR count). The fraction of sp³-hybridized carbons (Fsp3) is 0.267. The van der Waals surface area contributed by atoms with Crippen LogP contribution >= 0.6 is 15.9 Å². The van der Waals surface area contributed by atoms with E-state index in [0.717, 1.165) is 41.5 Å². The molecule has 0 atom stereocenters. The second kappa shape index (κ2) is 6.06. The van der Waals surface area contributed by atoms with Crippen molar-refractivity contribution in [3.8, 4) is 11.1 Å². The van der Waals surface area contributed by atoms with Gasteiger partial charge < -0.3 is 4.42 Å². The van der Waals surface area contributed by atoms with Crippen molar-refractivity contribution in [1.82, 2.24) is 0 Å². The van der Waals surface area contributed by atoms with E-state index < -0.39 is 0 Å². The Bertz CT molecular complexity index is 456. The molecule has 0 aliphatic heterocycles. The van der Waals surface area contributed by atoms with E-state index in [-0.39, 0.29) is 0 Å². The van der Waals surface area contributed by atoms with Gasteiger partial charge in [-0.2, -0.15) is 0 Å². The SMILES string of the molecule is [CH2]CCCCc1cc(-c2ccc(Br)cc2)co1. The van der Waals surface area contributed by atoms with Crippen molar-refractivity contribution in [3.05, 3.63) is 53.8 Å². The van der Waals surface area contributed by atoms with E-state index in [4.69, 9.17) is 4.42 Å². The monoisotopic (exact) mass is 291 g/mol. The van der Waals surface area contributed by atoms with Gasteiger partial charge in [-0.1, -0.05) is 47.8 Å². The molecule has 0 fully saturated rings. The largest absolute Gasteiger partial charge is 0.469 e. The van der Waals surface area contributed by atoms with Gasteiger partial charge in [-0.15, -0.1) is 0 Å². The Morgan fingerprint density at radius 3 is 2.53 bits per heavy atom. The Morgan fingerprint density at radius 1 is 1.06 bits per heavy atom. The molecule has 89 valence electrons. The smallest absolute Gasteiger partial charge is 0.104 e. The second-order valence-electron chi connectivity index (χ2n) is 4.12. The number of unbranched alkanes of at least 4 members (excludes halogenated alkanes) is 2. The van der Waals surface area contributed by atoms with E-state index >= 15 is 0 Å². The topological polar surface area (TPSA) is 13.1 Å². The van der Waals surface area contributed by atoms with Crippen LogP contribution in [0.5, 0.6) is 0 Å². The number of benzene rings is 1. The normalized spacial score (nSPS) is 10.7. The van der Waals surface area contributed by atoms with Crippen molar-refractivity contribution in [2.45, 2.75) is 25.7 Å². The minimum atomic E-state index is 1.00. The summed E-state index contributed by atoms with van der Waals surface area (Å²) < 4.78 is 6.66. The highest BCUT2D eigenvalue weighted by Gasteiger charge is 2.03. The molecule has 0 spiro atoms. The van der Waals surface area contributed by atoms with Crippen LogP contribution in [0, 0.1) is 6.92 Å². The quantitative estimate of drug-likeness (QED) is 0.685. The zero-order valence-electron chi connectivity index (χ0n) is 9.79. The van der Waals surface area contributed by atoms with Gasteiger partial charge in [0.15, 0.2) is 0 Å². The van der Waals surface area contributed by atoms with Crippen LogP contribution in [0.4, 0.5) is 0 Å². The molecule has 1 radical (unpaired) electrons. The summed E-state index contributed by atoms with van der Waals surface area (Å²) in [5, 5.41) is 0. The number of aryl methyl sites for hydroxylation is 1. The summed E-state index contributed by atoms with van der Waals surface area (Å²) in [7, 11) is 0. The summed E-state index contributed by atoms with van der Waals surface area (Å²) in [4.78, 5) is 0. The van der Waals surface area contributed by atoms with Gasteiger partial charge in [0.1, 0.15) is 5.76 Å². The molecule has 0 aliphatic rings. The first-order chi connectivity index (χ1) is 8.29. The van der Waals surface area contributed by atoms with Crippen molar-refractivity contribution in [2.24, 2.45) is 0 Å². The van der Waals surface area contributed by atoms with E-state index in [2.05, 4.69) is 41.1 Å². The lowest BCUT2D eigenvalue weighted by atomic mass is 10.1. The number of rotatable bonds is 5. The lowest BCUT2D eigenvalue weighted by Gasteiger charge is -1.96. The Labute approximate surface area is 111 Å². The summed E-state index contributed by atoms with van der Waals surface area (Å²) in [6, 6.07) is 10.4. The fourth-order valence-corrected chi connectivity index (χ4v) is 2.05. The molecule has 0 aliphatic carbocycles. The average Bonchev–Trinajstić information content (AvgIpc) is 2.79. The highest BCUT2D eigenvalue weighted by atomic mass is 79.9. The summed E-state index contributed by atoms with van der Waals surface area (Å²) >= 11 is 3.44. The van der Waals surface area contributed by atoms with Gasteiger partial charge in [-0.3, -0.25) is 0 Å². The summed E-state index contributed by atoms with van der Waals surface area (Å²) in [5.41, 5.74) is 2.35. The molecule has 17 heavy (non-hydrogen) atoms. The van der Waals surface area contributed by atoms with Crippen LogP contribution in [0.15, 0.2) is 45.5 Å². The Kier molecular flexibility index (Phi) is 4.43. The van der Waals surface area contributed by atoms with Gasteiger partial charge in [0.2, 0.25) is 0 Å². The highest BCUT2D eigenvalue weighted by molar-refractivity contribution is 9.10. The molecule has 1 heterocycles. The first-order valence-electron chi connectivity index (χ1n) is 5.92. The van der Waals surface area contributed by atoms with Gasteiger partial charge in [0.25, 0.3) is 0 Å². The van der Waals surface area contributed by atoms with Crippen molar-refractivity contribution in [2.75, 3.05) is 0 Å². The predicted octanol–water partition coefficient (Wildman–Crippen LogP) is 5.26. The van der Waals surface area contributed by atoms with Crippen LogP contribution in [0.2, 0.25) is 0 Å². The highest BCUT2D eigenvalue weighted by Crippen LogP contribution is 2.24. The maximum atomic E-state index is 5.56. The molecule has 0 unspecified atom stereocenters. The zero-order valence-corrected chi connectivity index (χ0v) is 11.4. The fourth-order valence-electron chi connectivity index (χ4n) is 1.78. The Morgan fingerprint density at radius 2 is 1.82 bits per heavy atom. The first kappa shape index (κ1) is 12.4. The van der Waals surface area contributed by atoms with E-state index in [0.29, 0.717) is 0 Å². The van der Waals surface area contributed by atoms with Crippen LogP contribution in [-0.2, 0) is 6.42 Å². The van der Waals surface area contributed by atoms with Crippen LogP contribution in [0.3, 0.4) is 0 Å². The number of halogens is 1. The molecule has 2 aromatic rings. The van der Waals surface area contributed by atoms with Crippen LogP contribution in [0.1, 0.15) is 25.0 Å². The second-order valence-corrected chi connectivity index (χ2v) is 5.03. The van der Waals surface area contributed by atoms with Crippen molar-refractivity contribution >= 4 is 15.9 Å². The molecule has 0 N–H and O–H groups in total. The van der Waals surface area contributed by atoms with Gasteiger partial charge in [0.05, 0.1) is 6.26 Å². The van der Waals surface area contributed by atoms with Crippen molar-refractivity contribution < 1.29 is 4.42 Å². The third kappa shape index (κ3) is 3.47. The van der Waals surface area contributed by atoms with E-state index in [1.165, 1.54) is 5.56 Å². The Balaban J connectivity index is 2.04. The molecule has 0 saturated heterocycles. The molecule has 1 nitrogen and oxygen atoms in total. The number of furan rings is 1. The molecule has 1 aromatic carbocycles. The minimum Gasteiger partial charge on any atom is -0.469 e. The molecule has 0 amide bonds. The Hall–Kier alpha value is -1.02. The molecule has 0 saturated carbocycles. The molecule has 1 aromatic heterocycles. The zero-order chi connectivity index (χ0) is 12.1. The lowest BCUT2D eigenvalue weighted by molar-refractivity contribution is 0.499. The van der Waals surface area contributed by atoms with Crippen LogP contribution < -0.4 is 0 Å². The van der Waals surface area contributed by atoms with Crippen LogP contribution in [-0.4, -0.2) is 0 Å². The molecular weight excluding hydrogens is 276 g/mol. The number of hydrogen-bond donors (Lipinski definition) is 0. The van der Waals surface area contributed by atoms with Gasteiger partial charge in [0, 0.05) is 16.5 Å². The van der Waals surface area contributed by atoms with Crippen molar-refractivity contribution in [1.29, 1.82) is 0 Å². The maximum absolute atomic E-state index is 5.56. The standard InChI is InChI=1S/C15H16BrO/c1-2-3-4-5-15-10-13(11-17-15)12-6-8-14(16)9-7-12/h6-11H,1-5H2. The third-order valence-corrected chi connectivity index (χ3v) is 3.28. The van der Waals surface area contributed by atoms with Crippen molar-refractivity contribution in [3.63, 3.8) is 0 Å². The molecule has 2 heteroatoms. The number of hydrogen-bond acceptors (Lipinski definition) is 1.